The predicted octanol–water partition coefficient (Wildman–Crippen LogP) is 2.64. The Morgan fingerprint density at radius 3 is 1.50 bits per heavy atom. The van der Waals surface area contributed by atoms with Gasteiger partial charge in [0.05, 0.1) is 6.61 Å². The molecule has 0 bridgehead atoms. The standard InChI is InChI=1S/C12H27O4P.C4H9.Na/c1-2-3-4-5-6-7-8-9-10-11-12-16-17(13,14)15;1-3-4-2;/h2-12H2,1H3,(H2,13,14,15);1,3-4H2,2H3;/q;-1;+1. The Kier molecular flexibility index (Phi) is 28.1. The van der Waals surface area contributed by atoms with Gasteiger partial charge in [-0.25, -0.2) is 4.57 Å². The number of hydrogen-bond donors (Lipinski definition) is 2. The summed E-state index contributed by atoms with van der Waals surface area (Å²) >= 11 is 0. The van der Waals surface area contributed by atoms with Crippen LogP contribution in [0.15, 0.2) is 0 Å². The van der Waals surface area contributed by atoms with Crippen LogP contribution in [0.2, 0.25) is 0 Å². The SMILES string of the molecule is CCCCCCCCCCCCOP(=O)(O)O.[CH2-]CCC.[Na+]. The average molecular weight is 346 g/mol. The zero-order chi connectivity index (χ0) is 16.4. The van der Waals surface area contributed by atoms with Gasteiger partial charge in [0.15, 0.2) is 0 Å². The third-order valence-corrected chi connectivity index (χ3v) is 3.63. The molecule has 0 aliphatic carbocycles. The van der Waals surface area contributed by atoms with Gasteiger partial charge in [-0.05, 0) is 6.42 Å². The fraction of sp³-hybridized carbons (Fsp3) is 0.938. The van der Waals surface area contributed by atoms with Crippen molar-refractivity contribution in [2.24, 2.45) is 0 Å². The van der Waals surface area contributed by atoms with E-state index in [-0.39, 0.29) is 36.2 Å². The summed E-state index contributed by atoms with van der Waals surface area (Å²) < 4.78 is 14.7. The maximum Gasteiger partial charge on any atom is 1.00 e. The second-order valence-electron chi connectivity index (χ2n) is 5.36. The molecule has 0 aliphatic rings. The van der Waals surface area contributed by atoms with Crippen molar-refractivity contribution in [3.05, 3.63) is 6.92 Å². The number of phosphoric ester groups is 1. The molecule has 0 aliphatic heterocycles. The van der Waals surface area contributed by atoms with Crippen LogP contribution in [-0.4, -0.2) is 16.4 Å². The zero-order valence-electron chi connectivity index (χ0n) is 15.1. The second-order valence-corrected chi connectivity index (χ2v) is 6.60. The molecule has 0 saturated heterocycles. The van der Waals surface area contributed by atoms with E-state index in [4.69, 9.17) is 9.79 Å². The molecule has 0 atom stereocenters. The van der Waals surface area contributed by atoms with E-state index >= 15 is 0 Å². The first-order valence-electron chi connectivity index (χ1n) is 8.47. The van der Waals surface area contributed by atoms with E-state index < -0.39 is 7.82 Å². The summed E-state index contributed by atoms with van der Waals surface area (Å²) in [7, 11) is -4.24. The van der Waals surface area contributed by atoms with Crippen LogP contribution >= 0.6 is 7.82 Å². The molecule has 0 saturated carbocycles. The van der Waals surface area contributed by atoms with Crippen LogP contribution in [0.25, 0.3) is 0 Å². The summed E-state index contributed by atoms with van der Waals surface area (Å²) in [5.74, 6) is 0. The van der Waals surface area contributed by atoms with Crippen LogP contribution < -0.4 is 29.6 Å². The zero-order valence-corrected chi connectivity index (χ0v) is 18.0. The maximum absolute atomic E-state index is 10.4. The van der Waals surface area contributed by atoms with Crippen molar-refractivity contribution in [2.75, 3.05) is 6.61 Å². The van der Waals surface area contributed by atoms with Gasteiger partial charge < -0.3 is 16.7 Å². The van der Waals surface area contributed by atoms with E-state index in [0.29, 0.717) is 0 Å². The van der Waals surface area contributed by atoms with E-state index in [1.807, 2.05) is 0 Å². The molecule has 0 amide bonds. The van der Waals surface area contributed by atoms with Crippen molar-refractivity contribution in [1.82, 2.24) is 0 Å². The Labute approximate surface area is 160 Å². The van der Waals surface area contributed by atoms with Crippen molar-refractivity contribution in [2.45, 2.75) is 90.9 Å². The normalized spacial score (nSPS) is 10.6. The molecule has 4 nitrogen and oxygen atoms in total. The molecule has 0 fully saturated rings. The monoisotopic (exact) mass is 346 g/mol. The summed E-state index contributed by atoms with van der Waals surface area (Å²) in [5, 5.41) is 0. The molecule has 0 rings (SSSR count). The van der Waals surface area contributed by atoms with Gasteiger partial charge in [0.25, 0.3) is 0 Å². The van der Waals surface area contributed by atoms with E-state index in [2.05, 4.69) is 25.3 Å². The van der Waals surface area contributed by atoms with Crippen LogP contribution in [0.3, 0.4) is 0 Å². The van der Waals surface area contributed by atoms with Crippen molar-refractivity contribution in [3.8, 4) is 0 Å². The Bertz CT molecular complexity index is 232. The molecule has 0 spiro atoms. The third-order valence-electron chi connectivity index (χ3n) is 3.11. The van der Waals surface area contributed by atoms with Gasteiger partial charge >= 0.3 is 37.4 Å². The Hall–Kier alpha value is 1.11. The number of hydrogen-bond acceptors (Lipinski definition) is 2. The smallest absolute Gasteiger partial charge is 0.343 e. The quantitative estimate of drug-likeness (QED) is 0.233. The van der Waals surface area contributed by atoms with Crippen molar-refractivity contribution < 1.29 is 48.4 Å². The molecule has 0 aromatic rings. The first-order chi connectivity index (χ1) is 9.97. The minimum absolute atomic E-state index is 0. The summed E-state index contributed by atoms with van der Waals surface area (Å²) in [6, 6.07) is 0. The van der Waals surface area contributed by atoms with Crippen molar-refractivity contribution >= 4 is 7.82 Å². The van der Waals surface area contributed by atoms with Crippen LogP contribution in [0, 0.1) is 6.92 Å². The predicted molar refractivity (Wildman–Crippen MR) is 90.1 cm³/mol. The number of rotatable bonds is 13. The molecular weight excluding hydrogens is 310 g/mol. The van der Waals surface area contributed by atoms with Crippen LogP contribution in [0.1, 0.15) is 90.9 Å². The van der Waals surface area contributed by atoms with E-state index in [1.165, 1.54) is 51.4 Å². The molecule has 0 aromatic heterocycles. The maximum atomic E-state index is 10.4. The molecule has 2 N–H and O–H groups in total. The molecule has 22 heavy (non-hydrogen) atoms. The topological polar surface area (TPSA) is 66.8 Å². The Morgan fingerprint density at radius 1 is 0.818 bits per heavy atom. The van der Waals surface area contributed by atoms with Crippen molar-refractivity contribution in [3.63, 3.8) is 0 Å². The van der Waals surface area contributed by atoms with Gasteiger partial charge in [0.2, 0.25) is 0 Å². The summed E-state index contributed by atoms with van der Waals surface area (Å²) in [6.45, 7) is 8.11. The number of phosphoric acid groups is 1. The summed E-state index contributed by atoms with van der Waals surface area (Å²) in [4.78, 5) is 16.9. The number of unbranched alkanes of at least 4 members (excludes halogenated alkanes) is 10. The molecule has 0 unspecified atom stereocenters. The molecule has 0 heterocycles. The van der Waals surface area contributed by atoms with Gasteiger partial charge in [0, 0.05) is 0 Å². The van der Waals surface area contributed by atoms with E-state index in [9.17, 15) is 4.57 Å². The third kappa shape index (κ3) is 32.9. The minimum atomic E-state index is -4.24. The molecule has 130 valence electrons. The molecule has 0 aromatic carbocycles. The van der Waals surface area contributed by atoms with Gasteiger partial charge in [0.1, 0.15) is 0 Å². The molecule has 0 radical (unpaired) electrons. The first kappa shape index (κ1) is 27.9. The van der Waals surface area contributed by atoms with Crippen LogP contribution in [0.5, 0.6) is 0 Å². The summed E-state index contributed by atoms with van der Waals surface area (Å²) in [5.41, 5.74) is 0. The van der Waals surface area contributed by atoms with E-state index in [1.54, 1.807) is 0 Å². The van der Waals surface area contributed by atoms with E-state index in [0.717, 1.165) is 25.7 Å². The average Bonchev–Trinajstić information content (AvgIpc) is 2.44. The van der Waals surface area contributed by atoms with Gasteiger partial charge in [-0.1, -0.05) is 78.1 Å². The summed E-state index contributed by atoms with van der Waals surface area (Å²) in [6.07, 6.45) is 14.3. The fourth-order valence-electron chi connectivity index (χ4n) is 1.77. The van der Waals surface area contributed by atoms with Crippen LogP contribution in [-0.2, 0) is 9.09 Å². The second kappa shape index (κ2) is 22.1. The van der Waals surface area contributed by atoms with Gasteiger partial charge in [-0.15, -0.1) is 0 Å². The van der Waals surface area contributed by atoms with Gasteiger partial charge in [-0.3, -0.25) is 4.52 Å². The van der Waals surface area contributed by atoms with Crippen LogP contribution in [0.4, 0.5) is 0 Å². The Balaban J connectivity index is -0.000000640. The van der Waals surface area contributed by atoms with Gasteiger partial charge in [-0.2, -0.15) is 6.42 Å². The largest absolute Gasteiger partial charge is 1.00 e. The fourth-order valence-corrected chi connectivity index (χ4v) is 2.14. The van der Waals surface area contributed by atoms with Crippen molar-refractivity contribution in [1.29, 1.82) is 0 Å². The first-order valence-corrected chi connectivity index (χ1v) is 10.00. The molecular formula is C16H36NaO4P. The Morgan fingerprint density at radius 2 is 1.18 bits per heavy atom. The minimum Gasteiger partial charge on any atom is -0.343 e. The molecule has 6 heteroatoms.